The topological polar surface area (TPSA) is 41.1 Å². The molecule has 0 aliphatic heterocycles. The first-order chi connectivity index (χ1) is 6.74. The lowest BCUT2D eigenvalue weighted by atomic mass is 10.3. The zero-order chi connectivity index (χ0) is 10.4. The monoisotopic (exact) mass is 360 g/mol. The highest BCUT2D eigenvalue weighted by Gasteiger charge is 2.05. The van der Waals surface area contributed by atoms with E-state index in [0.717, 1.165) is 21.5 Å². The third kappa shape index (κ3) is 5.70. The molecule has 3 nitrogen and oxygen atoms in total. The Morgan fingerprint density at radius 2 is 2.27 bits per heavy atom. The lowest BCUT2D eigenvalue weighted by molar-refractivity contribution is 0.0954. The fourth-order valence-corrected chi connectivity index (χ4v) is 2.30. The van der Waals surface area contributed by atoms with Crippen molar-refractivity contribution in [2.24, 2.45) is 0 Å². The molecule has 0 aliphatic carbocycles. The molecule has 0 spiro atoms. The van der Waals surface area contributed by atoms with E-state index in [1.807, 2.05) is 18.4 Å². The summed E-state index contributed by atoms with van der Waals surface area (Å²) in [6, 6.07) is 1.90. The first kappa shape index (κ1) is 15.2. The van der Waals surface area contributed by atoms with Crippen molar-refractivity contribution in [3.8, 4) is 0 Å². The van der Waals surface area contributed by atoms with Crippen LogP contribution in [0.1, 0.15) is 17.3 Å². The minimum atomic E-state index is 0. The first-order valence-electron chi connectivity index (χ1n) is 4.47. The lowest BCUT2D eigenvalue weighted by Gasteiger charge is -2.03. The standard InChI is InChI=1S/C9H13IN2OS.ClH/c1-2-11-3-4-12-9(13)7-5-8(10)14-6-7;/h5-6,11H,2-4H2,1H3,(H,12,13);1H. The predicted octanol–water partition coefficient (Wildman–Crippen LogP) is 2.11. The molecule has 1 heterocycles. The van der Waals surface area contributed by atoms with Crippen LogP contribution in [0.15, 0.2) is 11.4 Å². The van der Waals surface area contributed by atoms with Crippen molar-refractivity contribution < 1.29 is 4.79 Å². The number of nitrogens with one attached hydrogen (secondary N) is 2. The molecule has 2 N–H and O–H groups in total. The van der Waals surface area contributed by atoms with Crippen molar-refractivity contribution in [1.82, 2.24) is 10.6 Å². The maximum absolute atomic E-state index is 11.5. The van der Waals surface area contributed by atoms with Crippen LogP contribution in [0.2, 0.25) is 0 Å². The van der Waals surface area contributed by atoms with E-state index in [4.69, 9.17) is 0 Å². The van der Waals surface area contributed by atoms with E-state index < -0.39 is 0 Å². The fraction of sp³-hybridized carbons (Fsp3) is 0.444. The third-order valence-corrected chi connectivity index (χ3v) is 3.46. The van der Waals surface area contributed by atoms with E-state index in [-0.39, 0.29) is 18.3 Å². The number of hydrogen-bond acceptors (Lipinski definition) is 3. The summed E-state index contributed by atoms with van der Waals surface area (Å²) in [6.07, 6.45) is 0. The van der Waals surface area contributed by atoms with Gasteiger partial charge in [-0.3, -0.25) is 4.79 Å². The molecule has 6 heteroatoms. The zero-order valence-corrected chi connectivity index (χ0v) is 12.2. The predicted molar refractivity (Wildman–Crippen MR) is 75.2 cm³/mol. The summed E-state index contributed by atoms with van der Waals surface area (Å²) in [6.45, 7) is 4.48. The Hall–Kier alpha value is 0.150. The third-order valence-electron chi connectivity index (χ3n) is 1.67. The molecule has 1 aromatic rings. The molecule has 15 heavy (non-hydrogen) atoms. The SMILES string of the molecule is CCNCCNC(=O)c1csc(I)c1.Cl. The van der Waals surface area contributed by atoms with Crippen LogP contribution >= 0.6 is 46.3 Å². The fourth-order valence-electron chi connectivity index (χ4n) is 0.972. The second kappa shape index (κ2) is 8.32. The number of halogens is 2. The van der Waals surface area contributed by atoms with Gasteiger partial charge in [-0.2, -0.15) is 0 Å². The van der Waals surface area contributed by atoms with Gasteiger partial charge >= 0.3 is 0 Å². The molecule has 0 atom stereocenters. The molecule has 1 amide bonds. The highest BCUT2D eigenvalue weighted by atomic mass is 127. The Morgan fingerprint density at radius 1 is 1.53 bits per heavy atom. The molecule has 0 unspecified atom stereocenters. The number of carbonyl (C=O) groups is 1. The van der Waals surface area contributed by atoms with Crippen molar-refractivity contribution in [3.63, 3.8) is 0 Å². The first-order valence-corrected chi connectivity index (χ1v) is 6.43. The van der Waals surface area contributed by atoms with Crippen LogP contribution in [-0.4, -0.2) is 25.5 Å². The van der Waals surface area contributed by atoms with E-state index in [9.17, 15) is 4.79 Å². The maximum Gasteiger partial charge on any atom is 0.252 e. The molecule has 1 rings (SSSR count). The molecule has 0 fully saturated rings. The summed E-state index contributed by atoms with van der Waals surface area (Å²) < 4.78 is 1.14. The van der Waals surface area contributed by atoms with Gasteiger partial charge in [0.1, 0.15) is 0 Å². The van der Waals surface area contributed by atoms with Crippen LogP contribution in [0.3, 0.4) is 0 Å². The molecule has 0 radical (unpaired) electrons. The molecular formula is C9H14ClIN2OS. The summed E-state index contributed by atoms with van der Waals surface area (Å²) in [5.41, 5.74) is 0.760. The molecule has 0 bridgehead atoms. The van der Waals surface area contributed by atoms with Gasteiger partial charge in [0.25, 0.3) is 5.91 Å². The normalized spacial score (nSPS) is 9.47. The van der Waals surface area contributed by atoms with E-state index in [1.165, 1.54) is 0 Å². The molecule has 0 saturated carbocycles. The number of rotatable bonds is 5. The van der Waals surface area contributed by atoms with Gasteiger partial charge in [0, 0.05) is 18.5 Å². The minimum Gasteiger partial charge on any atom is -0.351 e. The van der Waals surface area contributed by atoms with Gasteiger partial charge in [-0.1, -0.05) is 6.92 Å². The Bertz CT molecular complexity index is 306. The average molecular weight is 361 g/mol. The Balaban J connectivity index is 0.00000196. The summed E-state index contributed by atoms with van der Waals surface area (Å²) in [4.78, 5) is 11.5. The van der Waals surface area contributed by atoms with Crippen LogP contribution in [0.4, 0.5) is 0 Å². The van der Waals surface area contributed by atoms with Crippen LogP contribution < -0.4 is 10.6 Å². The van der Waals surface area contributed by atoms with Crippen molar-refractivity contribution in [3.05, 3.63) is 19.9 Å². The van der Waals surface area contributed by atoms with Gasteiger partial charge in [0.05, 0.1) is 8.45 Å². The van der Waals surface area contributed by atoms with Crippen LogP contribution in [0, 0.1) is 2.88 Å². The van der Waals surface area contributed by atoms with Gasteiger partial charge in [0.2, 0.25) is 0 Å². The van der Waals surface area contributed by atoms with Gasteiger partial charge in [-0.15, -0.1) is 23.7 Å². The number of likely N-dealkylation sites (N-methyl/N-ethyl adjacent to an activating group) is 1. The molecule has 86 valence electrons. The maximum atomic E-state index is 11.5. The number of carbonyl (C=O) groups excluding carboxylic acids is 1. The minimum absolute atomic E-state index is 0. The Kier molecular flexibility index (Phi) is 8.40. The lowest BCUT2D eigenvalue weighted by Crippen LogP contribution is -2.31. The van der Waals surface area contributed by atoms with Crippen LogP contribution in [0.5, 0.6) is 0 Å². The van der Waals surface area contributed by atoms with Gasteiger partial charge < -0.3 is 10.6 Å². The van der Waals surface area contributed by atoms with Crippen molar-refractivity contribution in [2.45, 2.75) is 6.92 Å². The molecule has 0 aliphatic rings. The average Bonchev–Trinajstić information content (AvgIpc) is 2.59. The van der Waals surface area contributed by atoms with Crippen molar-refractivity contribution in [1.29, 1.82) is 0 Å². The van der Waals surface area contributed by atoms with Crippen molar-refractivity contribution in [2.75, 3.05) is 19.6 Å². The molecular weight excluding hydrogens is 347 g/mol. The summed E-state index contributed by atoms with van der Waals surface area (Å²) in [7, 11) is 0. The van der Waals surface area contributed by atoms with E-state index >= 15 is 0 Å². The van der Waals surface area contributed by atoms with Gasteiger partial charge in [-0.25, -0.2) is 0 Å². The molecule has 0 saturated heterocycles. The van der Waals surface area contributed by atoms with E-state index in [0.29, 0.717) is 6.54 Å². The summed E-state index contributed by atoms with van der Waals surface area (Å²) >= 11 is 3.80. The molecule has 1 aromatic heterocycles. The summed E-state index contributed by atoms with van der Waals surface area (Å²) in [5.74, 6) is 0.0158. The van der Waals surface area contributed by atoms with E-state index in [2.05, 4.69) is 33.2 Å². The smallest absolute Gasteiger partial charge is 0.252 e. The molecule has 0 aromatic carbocycles. The van der Waals surface area contributed by atoms with Crippen molar-refractivity contribution >= 4 is 52.2 Å². The summed E-state index contributed by atoms with van der Waals surface area (Å²) in [5, 5.41) is 7.87. The highest BCUT2D eigenvalue weighted by Crippen LogP contribution is 2.16. The second-order valence-electron chi connectivity index (χ2n) is 2.75. The second-order valence-corrected chi connectivity index (χ2v) is 5.55. The Labute approximate surface area is 114 Å². The largest absolute Gasteiger partial charge is 0.351 e. The van der Waals surface area contributed by atoms with Crippen LogP contribution in [-0.2, 0) is 0 Å². The van der Waals surface area contributed by atoms with Crippen LogP contribution in [0.25, 0.3) is 0 Å². The quantitative estimate of drug-likeness (QED) is 0.624. The Morgan fingerprint density at radius 3 is 2.80 bits per heavy atom. The van der Waals surface area contributed by atoms with Gasteiger partial charge in [0.15, 0.2) is 0 Å². The highest BCUT2D eigenvalue weighted by molar-refractivity contribution is 14.1. The number of hydrogen-bond donors (Lipinski definition) is 2. The van der Waals surface area contributed by atoms with Gasteiger partial charge in [-0.05, 0) is 35.2 Å². The van der Waals surface area contributed by atoms with E-state index in [1.54, 1.807) is 11.3 Å². The number of amides is 1. The number of thiophene rings is 1. The zero-order valence-electron chi connectivity index (χ0n) is 8.38.